The zero-order chi connectivity index (χ0) is 16.9. The molecule has 6 heteroatoms. The number of hydrogen-bond acceptors (Lipinski definition) is 4. The van der Waals surface area contributed by atoms with Gasteiger partial charge in [-0.05, 0) is 31.0 Å². The highest BCUT2D eigenvalue weighted by Gasteiger charge is 2.34. The van der Waals surface area contributed by atoms with Crippen LogP contribution in [0.15, 0.2) is 48.8 Å². The third-order valence-corrected chi connectivity index (χ3v) is 4.05. The fourth-order valence-corrected chi connectivity index (χ4v) is 2.84. The molecule has 1 aromatic heterocycles. The number of para-hydroxylation sites is 1. The van der Waals surface area contributed by atoms with Crippen LogP contribution in [-0.4, -0.2) is 41.4 Å². The molecule has 0 spiro atoms. The zero-order valence-corrected chi connectivity index (χ0v) is 13.4. The van der Waals surface area contributed by atoms with Crippen LogP contribution < -0.4 is 10.1 Å². The van der Waals surface area contributed by atoms with E-state index < -0.39 is 6.04 Å². The minimum absolute atomic E-state index is 0.164. The van der Waals surface area contributed by atoms with Gasteiger partial charge >= 0.3 is 0 Å². The lowest BCUT2D eigenvalue weighted by Crippen LogP contribution is -2.43. The van der Waals surface area contributed by atoms with Gasteiger partial charge in [-0.2, -0.15) is 0 Å². The summed E-state index contributed by atoms with van der Waals surface area (Å²) in [6, 6.07) is 10.4. The van der Waals surface area contributed by atoms with Crippen LogP contribution >= 0.6 is 0 Å². The van der Waals surface area contributed by atoms with E-state index in [1.54, 1.807) is 17.2 Å². The van der Waals surface area contributed by atoms with Crippen molar-refractivity contribution < 1.29 is 14.3 Å². The van der Waals surface area contributed by atoms with Crippen LogP contribution in [0.5, 0.6) is 5.75 Å². The van der Waals surface area contributed by atoms with E-state index in [0.717, 1.165) is 12.1 Å². The monoisotopic (exact) mass is 325 g/mol. The first-order valence-electron chi connectivity index (χ1n) is 7.85. The number of amides is 2. The van der Waals surface area contributed by atoms with Gasteiger partial charge in [0.15, 0.2) is 0 Å². The highest BCUT2D eigenvalue weighted by molar-refractivity contribution is 6.01. The van der Waals surface area contributed by atoms with Crippen LogP contribution in [0.3, 0.4) is 0 Å². The molecule has 1 atom stereocenters. The number of methoxy groups -OCH3 is 1. The van der Waals surface area contributed by atoms with Crippen molar-refractivity contribution in [1.29, 1.82) is 0 Å². The number of pyridine rings is 1. The van der Waals surface area contributed by atoms with Gasteiger partial charge in [-0.3, -0.25) is 14.6 Å². The summed E-state index contributed by atoms with van der Waals surface area (Å²) in [6.45, 7) is 0.558. The topological polar surface area (TPSA) is 71.5 Å². The van der Waals surface area contributed by atoms with Crippen LogP contribution in [0.2, 0.25) is 0 Å². The van der Waals surface area contributed by atoms with Crippen LogP contribution in [0.25, 0.3) is 0 Å². The summed E-state index contributed by atoms with van der Waals surface area (Å²) in [7, 11) is 1.53. The average Bonchev–Trinajstić information content (AvgIpc) is 3.12. The van der Waals surface area contributed by atoms with Crippen molar-refractivity contribution in [2.75, 3.05) is 19.0 Å². The van der Waals surface area contributed by atoms with E-state index in [4.69, 9.17) is 4.74 Å². The normalized spacial score (nSPS) is 16.7. The van der Waals surface area contributed by atoms with Gasteiger partial charge in [-0.15, -0.1) is 0 Å². The van der Waals surface area contributed by atoms with Gasteiger partial charge < -0.3 is 15.0 Å². The highest BCUT2D eigenvalue weighted by atomic mass is 16.5. The molecule has 0 aliphatic carbocycles. The van der Waals surface area contributed by atoms with Gasteiger partial charge in [0.25, 0.3) is 5.91 Å². The van der Waals surface area contributed by atoms with E-state index in [2.05, 4.69) is 10.3 Å². The summed E-state index contributed by atoms with van der Waals surface area (Å²) in [5.41, 5.74) is 1.15. The lowest BCUT2D eigenvalue weighted by molar-refractivity contribution is -0.119. The molecule has 1 aromatic carbocycles. The number of likely N-dealkylation sites (tertiary alicyclic amines) is 1. The SMILES string of the molecule is COc1cncc(C(=O)N2CCC[C@@H]2C(=O)Nc2ccccc2)c1. The predicted molar refractivity (Wildman–Crippen MR) is 89.9 cm³/mol. The molecular formula is C18H19N3O3. The average molecular weight is 325 g/mol. The molecule has 6 nitrogen and oxygen atoms in total. The summed E-state index contributed by atoms with van der Waals surface area (Å²) in [5, 5.41) is 2.87. The molecule has 24 heavy (non-hydrogen) atoms. The molecule has 2 aromatic rings. The number of carbonyl (C=O) groups excluding carboxylic acids is 2. The molecule has 1 aliphatic rings. The maximum Gasteiger partial charge on any atom is 0.256 e. The quantitative estimate of drug-likeness (QED) is 0.936. The van der Waals surface area contributed by atoms with E-state index in [1.807, 2.05) is 30.3 Å². The number of aromatic nitrogens is 1. The Morgan fingerprint density at radius 2 is 2.04 bits per heavy atom. The van der Waals surface area contributed by atoms with Crippen molar-refractivity contribution in [3.05, 3.63) is 54.4 Å². The first kappa shape index (κ1) is 16.0. The van der Waals surface area contributed by atoms with Crippen LogP contribution in [0.1, 0.15) is 23.2 Å². The lowest BCUT2D eigenvalue weighted by atomic mass is 10.1. The van der Waals surface area contributed by atoms with E-state index >= 15 is 0 Å². The van der Waals surface area contributed by atoms with E-state index in [-0.39, 0.29) is 11.8 Å². The van der Waals surface area contributed by atoms with Crippen molar-refractivity contribution in [2.45, 2.75) is 18.9 Å². The minimum Gasteiger partial charge on any atom is -0.495 e. The second-order valence-electron chi connectivity index (χ2n) is 5.63. The number of hydrogen-bond donors (Lipinski definition) is 1. The Labute approximate surface area is 140 Å². The largest absolute Gasteiger partial charge is 0.495 e. The fraction of sp³-hybridized carbons (Fsp3) is 0.278. The Hall–Kier alpha value is -2.89. The van der Waals surface area contributed by atoms with E-state index in [9.17, 15) is 9.59 Å². The number of benzene rings is 1. The first-order chi connectivity index (χ1) is 11.7. The molecule has 2 amide bonds. The third-order valence-electron chi connectivity index (χ3n) is 4.05. The van der Waals surface area contributed by atoms with Crippen molar-refractivity contribution in [2.24, 2.45) is 0 Å². The van der Waals surface area contributed by atoms with Gasteiger partial charge in [0.05, 0.1) is 18.9 Å². The van der Waals surface area contributed by atoms with Crippen LogP contribution in [0, 0.1) is 0 Å². The smallest absolute Gasteiger partial charge is 0.256 e. The first-order valence-corrected chi connectivity index (χ1v) is 7.85. The summed E-state index contributed by atoms with van der Waals surface area (Å²) in [5.74, 6) is 0.153. The highest BCUT2D eigenvalue weighted by Crippen LogP contribution is 2.22. The molecule has 1 saturated heterocycles. The molecule has 124 valence electrons. The standard InChI is InChI=1S/C18H19N3O3/c1-24-15-10-13(11-19-12-15)18(23)21-9-5-8-16(21)17(22)20-14-6-3-2-4-7-14/h2-4,6-7,10-12,16H,5,8-9H2,1H3,(H,20,22)/t16-/m1/s1. The Morgan fingerprint density at radius 3 is 2.79 bits per heavy atom. The Morgan fingerprint density at radius 1 is 1.25 bits per heavy atom. The van der Waals surface area contributed by atoms with Gasteiger partial charge in [0.1, 0.15) is 11.8 Å². The van der Waals surface area contributed by atoms with Crippen LogP contribution in [0.4, 0.5) is 5.69 Å². The number of carbonyl (C=O) groups is 2. The fourth-order valence-electron chi connectivity index (χ4n) is 2.84. The number of ether oxygens (including phenoxy) is 1. The zero-order valence-electron chi connectivity index (χ0n) is 13.4. The molecule has 0 saturated carbocycles. The van der Waals surface area contributed by atoms with Gasteiger partial charge in [-0.25, -0.2) is 0 Å². The number of rotatable bonds is 4. The van der Waals surface area contributed by atoms with E-state index in [1.165, 1.54) is 13.3 Å². The Bertz CT molecular complexity index is 733. The molecule has 0 radical (unpaired) electrons. The molecule has 1 N–H and O–H groups in total. The second kappa shape index (κ2) is 7.12. The summed E-state index contributed by atoms with van der Waals surface area (Å²) >= 11 is 0. The molecule has 0 bridgehead atoms. The van der Waals surface area contributed by atoms with E-state index in [0.29, 0.717) is 24.3 Å². The minimum atomic E-state index is -0.469. The Balaban J connectivity index is 1.74. The molecular weight excluding hydrogens is 306 g/mol. The molecule has 3 rings (SSSR count). The summed E-state index contributed by atoms with van der Waals surface area (Å²) in [6.07, 6.45) is 4.49. The third kappa shape index (κ3) is 3.37. The van der Waals surface area contributed by atoms with Crippen molar-refractivity contribution in [1.82, 2.24) is 9.88 Å². The molecule has 1 aliphatic heterocycles. The molecule has 0 unspecified atom stereocenters. The van der Waals surface area contributed by atoms with Crippen molar-refractivity contribution in [3.63, 3.8) is 0 Å². The van der Waals surface area contributed by atoms with Gasteiger partial charge in [0.2, 0.25) is 5.91 Å². The maximum absolute atomic E-state index is 12.7. The number of nitrogens with one attached hydrogen (secondary N) is 1. The number of nitrogens with zero attached hydrogens (tertiary/aromatic N) is 2. The van der Waals surface area contributed by atoms with Gasteiger partial charge in [0, 0.05) is 18.4 Å². The molecule has 2 heterocycles. The van der Waals surface area contributed by atoms with Crippen LogP contribution in [-0.2, 0) is 4.79 Å². The number of anilines is 1. The predicted octanol–water partition coefficient (Wildman–Crippen LogP) is 2.33. The lowest BCUT2D eigenvalue weighted by Gasteiger charge is -2.24. The second-order valence-corrected chi connectivity index (χ2v) is 5.63. The van der Waals surface area contributed by atoms with Crippen molar-refractivity contribution in [3.8, 4) is 5.75 Å². The Kier molecular flexibility index (Phi) is 4.74. The molecule has 1 fully saturated rings. The maximum atomic E-state index is 12.7. The van der Waals surface area contributed by atoms with Crippen molar-refractivity contribution >= 4 is 17.5 Å². The summed E-state index contributed by atoms with van der Waals surface area (Å²) in [4.78, 5) is 30.9. The van der Waals surface area contributed by atoms with Gasteiger partial charge in [-0.1, -0.05) is 18.2 Å². The summed E-state index contributed by atoms with van der Waals surface area (Å²) < 4.78 is 5.11.